The Hall–Kier alpha value is -2.95. The fourth-order valence-electron chi connectivity index (χ4n) is 2.22. The van der Waals surface area contributed by atoms with E-state index in [0.29, 0.717) is 17.0 Å². The second-order valence-electron chi connectivity index (χ2n) is 4.59. The molecule has 0 spiro atoms. The number of hydrogen-bond acceptors (Lipinski definition) is 4. The van der Waals surface area contributed by atoms with Crippen LogP contribution in [-0.2, 0) is 4.79 Å². The molecule has 2 aromatic rings. The monoisotopic (exact) mass is 282 g/mol. The van der Waals surface area contributed by atoms with Crippen LogP contribution in [-0.4, -0.2) is 18.1 Å². The summed E-state index contributed by atoms with van der Waals surface area (Å²) in [5.74, 6) is 0.288. The number of amides is 1. The molecule has 1 amide bonds. The summed E-state index contributed by atoms with van der Waals surface area (Å²) in [7, 11) is 1.49. The zero-order valence-electron chi connectivity index (χ0n) is 11.4. The molecule has 3 rings (SSSR count). The summed E-state index contributed by atoms with van der Waals surface area (Å²) in [6, 6.07) is 12.4. The summed E-state index contributed by atoms with van der Waals surface area (Å²) >= 11 is 0. The maximum absolute atomic E-state index is 11.9. The molecule has 1 heterocycles. The topological polar surface area (TPSA) is 70.6 Å². The Kier molecular flexibility index (Phi) is 3.23. The summed E-state index contributed by atoms with van der Waals surface area (Å²) in [5.41, 5.74) is 2.87. The number of phenols is 1. The molecule has 106 valence electrons. The third kappa shape index (κ3) is 2.41. The number of anilines is 2. The van der Waals surface area contributed by atoms with Gasteiger partial charge in [0.05, 0.1) is 12.7 Å². The highest BCUT2D eigenvalue weighted by atomic mass is 16.5. The van der Waals surface area contributed by atoms with Gasteiger partial charge in [0.1, 0.15) is 0 Å². The number of para-hydroxylation sites is 1. The first-order valence-electron chi connectivity index (χ1n) is 6.43. The standard InChI is InChI=1S/C16H14N2O3/c1-21-15-7-6-10(8-14(15)19)17-9-12-11-4-2-3-5-13(11)18-16(12)20/h2-9,17,19H,1H3,(H,18,20)/b12-9+. The Labute approximate surface area is 121 Å². The van der Waals surface area contributed by atoms with Crippen molar-refractivity contribution in [1.82, 2.24) is 0 Å². The SMILES string of the molecule is COc1ccc(N/C=C2/C(=O)Nc3ccccc32)cc1O. The number of rotatable bonds is 3. The minimum atomic E-state index is -0.151. The first kappa shape index (κ1) is 13.1. The van der Waals surface area contributed by atoms with E-state index >= 15 is 0 Å². The van der Waals surface area contributed by atoms with E-state index in [4.69, 9.17) is 4.74 Å². The molecule has 5 nitrogen and oxygen atoms in total. The van der Waals surface area contributed by atoms with Crippen molar-refractivity contribution >= 4 is 22.9 Å². The predicted octanol–water partition coefficient (Wildman–Crippen LogP) is 2.81. The number of aromatic hydroxyl groups is 1. The summed E-state index contributed by atoms with van der Waals surface area (Å²) < 4.78 is 4.98. The Morgan fingerprint density at radius 2 is 2.05 bits per heavy atom. The van der Waals surface area contributed by atoms with Gasteiger partial charge in [-0.2, -0.15) is 0 Å². The summed E-state index contributed by atoms with van der Waals surface area (Å²) in [5, 5.41) is 15.5. The van der Waals surface area contributed by atoms with Gasteiger partial charge >= 0.3 is 0 Å². The molecule has 21 heavy (non-hydrogen) atoms. The van der Waals surface area contributed by atoms with Crippen molar-refractivity contribution in [1.29, 1.82) is 0 Å². The lowest BCUT2D eigenvalue weighted by atomic mass is 10.1. The van der Waals surface area contributed by atoms with E-state index in [9.17, 15) is 9.90 Å². The minimum Gasteiger partial charge on any atom is -0.504 e. The van der Waals surface area contributed by atoms with Gasteiger partial charge in [-0.15, -0.1) is 0 Å². The second kappa shape index (κ2) is 5.20. The van der Waals surface area contributed by atoms with Crippen molar-refractivity contribution in [2.45, 2.75) is 0 Å². The van der Waals surface area contributed by atoms with Crippen molar-refractivity contribution in [3.63, 3.8) is 0 Å². The number of benzene rings is 2. The van der Waals surface area contributed by atoms with Gasteiger partial charge in [-0.3, -0.25) is 4.79 Å². The first-order valence-corrected chi connectivity index (χ1v) is 6.43. The van der Waals surface area contributed by atoms with Crippen molar-refractivity contribution in [2.75, 3.05) is 17.7 Å². The van der Waals surface area contributed by atoms with Crippen molar-refractivity contribution in [3.8, 4) is 11.5 Å². The van der Waals surface area contributed by atoms with Gasteiger partial charge in [0, 0.05) is 29.2 Å². The number of methoxy groups -OCH3 is 1. The molecule has 0 radical (unpaired) electrons. The van der Waals surface area contributed by atoms with E-state index in [0.717, 1.165) is 11.3 Å². The van der Waals surface area contributed by atoms with Crippen LogP contribution in [0.25, 0.3) is 5.57 Å². The summed E-state index contributed by atoms with van der Waals surface area (Å²) in [4.78, 5) is 11.9. The molecular weight excluding hydrogens is 268 g/mol. The lowest BCUT2D eigenvalue weighted by Gasteiger charge is -2.06. The van der Waals surface area contributed by atoms with E-state index in [1.54, 1.807) is 18.3 Å². The molecule has 0 atom stereocenters. The van der Waals surface area contributed by atoms with Gasteiger partial charge in [-0.25, -0.2) is 0 Å². The number of nitrogens with one attached hydrogen (secondary N) is 2. The molecule has 0 aromatic heterocycles. The number of carbonyl (C=O) groups excluding carboxylic acids is 1. The zero-order valence-corrected chi connectivity index (χ0v) is 11.4. The van der Waals surface area contributed by atoms with E-state index in [1.807, 2.05) is 24.3 Å². The third-order valence-electron chi connectivity index (χ3n) is 3.27. The van der Waals surface area contributed by atoms with E-state index in [1.165, 1.54) is 13.2 Å². The van der Waals surface area contributed by atoms with Gasteiger partial charge in [0.15, 0.2) is 11.5 Å². The highest BCUT2D eigenvalue weighted by molar-refractivity contribution is 6.31. The van der Waals surface area contributed by atoms with Gasteiger partial charge in [-0.1, -0.05) is 18.2 Å². The first-order chi connectivity index (χ1) is 10.2. The van der Waals surface area contributed by atoms with Crippen LogP contribution in [0.1, 0.15) is 5.56 Å². The van der Waals surface area contributed by atoms with Crippen LogP contribution in [0.3, 0.4) is 0 Å². The van der Waals surface area contributed by atoms with Crippen LogP contribution in [0.5, 0.6) is 11.5 Å². The molecule has 1 aliphatic heterocycles. The maximum atomic E-state index is 11.9. The van der Waals surface area contributed by atoms with E-state index in [2.05, 4.69) is 10.6 Å². The van der Waals surface area contributed by atoms with Crippen molar-refractivity contribution in [3.05, 3.63) is 54.2 Å². The molecule has 0 aliphatic carbocycles. The van der Waals surface area contributed by atoms with Crippen molar-refractivity contribution < 1.29 is 14.6 Å². The normalized spacial score (nSPS) is 14.7. The molecule has 0 fully saturated rings. The molecule has 0 bridgehead atoms. The van der Waals surface area contributed by atoms with Crippen molar-refractivity contribution in [2.24, 2.45) is 0 Å². The van der Waals surface area contributed by atoms with Crippen LogP contribution in [0.4, 0.5) is 11.4 Å². The average molecular weight is 282 g/mol. The summed E-state index contributed by atoms with van der Waals surface area (Å²) in [6.07, 6.45) is 1.63. The van der Waals surface area contributed by atoms with Crippen LogP contribution in [0.2, 0.25) is 0 Å². The average Bonchev–Trinajstić information content (AvgIpc) is 2.81. The van der Waals surface area contributed by atoms with Crippen LogP contribution >= 0.6 is 0 Å². The Morgan fingerprint density at radius 1 is 1.24 bits per heavy atom. The quantitative estimate of drug-likeness (QED) is 0.757. The number of fused-ring (bicyclic) bond motifs is 1. The Bertz CT molecular complexity index is 738. The van der Waals surface area contributed by atoms with Gasteiger partial charge < -0.3 is 20.5 Å². The predicted molar refractivity (Wildman–Crippen MR) is 81.3 cm³/mol. The minimum absolute atomic E-state index is 0.0390. The number of hydrogen-bond donors (Lipinski definition) is 3. The maximum Gasteiger partial charge on any atom is 0.257 e. The van der Waals surface area contributed by atoms with Crippen LogP contribution < -0.4 is 15.4 Å². The third-order valence-corrected chi connectivity index (χ3v) is 3.27. The molecule has 1 aliphatic rings. The second-order valence-corrected chi connectivity index (χ2v) is 4.59. The number of carbonyl (C=O) groups is 1. The molecule has 5 heteroatoms. The molecular formula is C16H14N2O3. The summed E-state index contributed by atoms with van der Waals surface area (Å²) in [6.45, 7) is 0. The Balaban J connectivity index is 1.86. The molecule has 0 unspecified atom stereocenters. The lowest BCUT2D eigenvalue weighted by molar-refractivity contribution is -0.110. The highest BCUT2D eigenvalue weighted by Crippen LogP contribution is 2.32. The molecule has 0 saturated heterocycles. The zero-order chi connectivity index (χ0) is 14.8. The van der Waals surface area contributed by atoms with E-state index in [-0.39, 0.29) is 11.7 Å². The van der Waals surface area contributed by atoms with Crippen LogP contribution in [0, 0.1) is 0 Å². The van der Waals surface area contributed by atoms with E-state index < -0.39 is 0 Å². The fraction of sp³-hybridized carbons (Fsp3) is 0.0625. The molecule has 3 N–H and O–H groups in total. The lowest BCUT2D eigenvalue weighted by Crippen LogP contribution is -2.05. The molecule has 0 saturated carbocycles. The van der Waals surface area contributed by atoms with Gasteiger partial charge in [0.2, 0.25) is 0 Å². The highest BCUT2D eigenvalue weighted by Gasteiger charge is 2.23. The Morgan fingerprint density at radius 3 is 2.81 bits per heavy atom. The van der Waals surface area contributed by atoms with Crippen LogP contribution in [0.15, 0.2) is 48.7 Å². The van der Waals surface area contributed by atoms with Gasteiger partial charge in [0.25, 0.3) is 5.91 Å². The number of ether oxygens (including phenoxy) is 1. The number of phenolic OH excluding ortho intramolecular Hbond substituents is 1. The smallest absolute Gasteiger partial charge is 0.257 e. The fourth-order valence-corrected chi connectivity index (χ4v) is 2.22. The van der Waals surface area contributed by atoms with Gasteiger partial charge in [-0.05, 0) is 18.2 Å². The largest absolute Gasteiger partial charge is 0.504 e. The molecule has 2 aromatic carbocycles.